The monoisotopic (exact) mass is 402 g/mol. The van der Waals surface area contributed by atoms with Crippen LogP contribution < -0.4 is 5.32 Å². The highest BCUT2D eigenvalue weighted by Crippen LogP contribution is 2.24. The Morgan fingerprint density at radius 2 is 1.94 bits per heavy atom. The molecule has 1 aromatic heterocycles. The van der Waals surface area contributed by atoms with E-state index in [9.17, 15) is 0 Å². The van der Waals surface area contributed by atoms with E-state index in [0.717, 1.165) is 23.1 Å². The summed E-state index contributed by atoms with van der Waals surface area (Å²) in [6.45, 7) is 0.919. The molecule has 0 bridgehead atoms. The van der Waals surface area contributed by atoms with Crippen molar-refractivity contribution in [3.8, 4) is 0 Å². The maximum atomic E-state index is 4.01. The van der Waals surface area contributed by atoms with Crippen LogP contribution in [0, 0.1) is 3.57 Å². The molecular formula is C13H12BrIN2. The fourth-order valence-electron chi connectivity index (χ4n) is 1.52. The van der Waals surface area contributed by atoms with E-state index in [4.69, 9.17) is 0 Å². The number of nitrogens with one attached hydrogen (secondary N) is 1. The van der Waals surface area contributed by atoms with Crippen LogP contribution >= 0.6 is 38.5 Å². The van der Waals surface area contributed by atoms with Crippen molar-refractivity contribution in [3.05, 3.63) is 56.3 Å². The molecule has 2 aromatic rings. The number of hydrogen-bond acceptors (Lipinski definition) is 2. The van der Waals surface area contributed by atoms with Gasteiger partial charge in [0.05, 0.1) is 0 Å². The highest BCUT2D eigenvalue weighted by Gasteiger charge is 1.99. The maximum Gasteiger partial charge on any atom is 0.0495 e. The molecule has 0 aliphatic carbocycles. The fourth-order valence-corrected chi connectivity index (χ4v) is 2.40. The Kier molecular flexibility index (Phi) is 4.79. The van der Waals surface area contributed by atoms with E-state index in [-0.39, 0.29) is 0 Å². The summed E-state index contributed by atoms with van der Waals surface area (Å²) in [5, 5.41) is 3.43. The van der Waals surface area contributed by atoms with Gasteiger partial charge in [0.25, 0.3) is 0 Å². The normalized spacial score (nSPS) is 10.2. The lowest BCUT2D eigenvalue weighted by Gasteiger charge is -2.09. The molecule has 0 spiro atoms. The van der Waals surface area contributed by atoms with E-state index in [1.165, 1.54) is 9.13 Å². The van der Waals surface area contributed by atoms with Crippen LogP contribution in [0.25, 0.3) is 0 Å². The molecular weight excluding hydrogens is 391 g/mol. The Morgan fingerprint density at radius 3 is 2.71 bits per heavy atom. The Bertz CT molecular complexity index is 488. The lowest BCUT2D eigenvalue weighted by Crippen LogP contribution is -2.05. The average molecular weight is 403 g/mol. The first kappa shape index (κ1) is 12.8. The Balaban J connectivity index is 1.92. The van der Waals surface area contributed by atoms with Crippen molar-refractivity contribution in [1.82, 2.24) is 4.98 Å². The Hall–Kier alpha value is -0.620. The van der Waals surface area contributed by atoms with Gasteiger partial charge in [-0.3, -0.25) is 4.98 Å². The quantitative estimate of drug-likeness (QED) is 0.778. The highest BCUT2D eigenvalue weighted by atomic mass is 127. The van der Waals surface area contributed by atoms with E-state index in [1.807, 2.05) is 24.5 Å². The van der Waals surface area contributed by atoms with Gasteiger partial charge in [-0.1, -0.05) is 0 Å². The number of hydrogen-bond donors (Lipinski definition) is 1. The summed E-state index contributed by atoms with van der Waals surface area (Å²) < 4.78 is 2.34. The van der Waals surface area contributed by atoms with Gasteiger partial charge in [0.15, 0.2) is 0 Å². The number of anilines is 1. The van der Waals surface area contributed by atoms with Crippen LogP contribution in [0.1, 0.15) is 5.56 Å². The molecule has 0 saturated carbocycles. The Morgan fingerprint density at radius 1 is 1.18 bits per heavy atom. The molecule has 0 unspecified atom stereocenters. The first-order chi connectivity index (χ1) is 8.25. The van der Waals surface area contributed by atoms with Crippen LogP contribution in [0.15, 0.2) is 47.2 Å². The van der Waals surface area contributed by atoms with Crippen molar-refractivity contribution in [3.63, 3.8) is 0 Å². The van der Waals surface area contributed by atoms with Crippen molar-refractivity contribution in [2.24, 2.45) is 0 Å². The molecule has 1 aromatic carbocycles. The van der Waals surface area contributed by atoms with Crippen LogP contribution in [0.5, 0.6) is 0 Å². The molecule has 0 aliphatic heterocycles. The standard InChI is InChI=1S/C13H12BrIN2/c14-12-2-1-11(15)9-13(12)17-8-5-10-3-6-16-7-4-10/h1-4,6-7,9,17H,5,8H2. The molecule has 17 heavy (non-hydrogen) atoms. The molecule has 1 N–H and O–H groups in total. The van der Waals surface area contributed by atoms with E-state index in [2.05, 4.69) is 67.0 Å². The van der Waals surface area contributed by atoms with Crippen molar-refractivity contribution < 1.29 is 0 Å². The van der Waals surface area contributed by atoms with Gasteiger partial charge in [-0.05, 0) is 80.8 Å². The summed E-state index contributed by atoms with van der Waals surface area (Å²) in [4.78, 5) is 4.01. The molecule has 1 heterocycles. The summed E-state index contributed by atoms with van der Waals surface area (Å²) in [5.74, 6) is 0. The molecule has 88 valence electrons. The van der Waals surface area contributed by atoms with Crippen molar-refractivity contribution >= 4 is 44.2 Å². The first-order valence-electron chi connectivity index (χ1n) is 5.33. The van der Waals surface area contributed by atoms with Crippen molar-refractivity contribution in [2.75, 3.05) is 11.9 Å². The summed E-state index contributed by atoms with van der Waals surface area (Å²) in [5.41, 5.74) is 2.44. The largest absolute Gasteiger partial charge is 0.384 e. The minimum absolute atomic E-state index is 0.919. The van der Waals surface area contributed by atoms with Crippen LogP contribution in [0.2, 0.25) is 0 Å². The third-order valence-electron chi connectivity index (χ3n) is 2.41. The molecule has 0 amide bonds. The highest BCUT2D eigenvalue weighted by molar-refractivity contribution is 14.1. The molecule has 0 fully saturated rings. The second kappa shape index (κ2) is 6.35. The molecule has 4 heteroatoms. The van der Waals surface area contributed by atoms with Crippen LogP contribution in [-0.2, 0) is 6.42 Å². The SMILES string of the molecule is Brc1ccc(I)cc1NCCc1ccncc1. The number of rotatable bonds is 4. The Labute approximate surface area is 123 Å². The first-order valence-corrected chi connectivity index (χ1v) is 7.21. The zero-order valence-electron chi connectivity index (χ0n) is 9.16. The summed E-state index contributed by atoms with van der Waals surface area (Å²) >= 11 is 5.86. The molecule has 0 saturated heterocycles. The van der Waals surface area contributed by atoms with Crippen molar-refractivity contribution in [1.29, 1.82) is 0 Å². The number of pyridine rings is 1. The van der Waals surface area contributed by atoms with Gasteiger partial charge in [-0.2, -0.15) is 0 Å². The van der Waals surface area contributed by atoms with Gasteiger partial charge in [0, 0.05) is 32.7 Å². The topological polar surface area (TPSA) is 24.9 Å². The summed E-state index contributed by atoms with van der Waals surface area (Å²) in [7, 11) is 0. The lowest BCUT2D eigenvalue weighted by atomic mass is 10.2. The number of aromatic nitrogens is 1. The summed E-state index contributed by atoms with van der Waals surface area (Å²) in [6.07, 6.45) is 4.66. The molecule has 0 radical (unpaired) electrons. The van der Waals surface area contributed by atoms with Gasteiger partial charge in [0.2, 0.25) is 0 Å². The van der Waals surface area contributed by atoms with Crippen LogP contribution in [0.3, 0.4) is 0 Å². The van der Waals surface area contributed by atoms with Gasteiger partial charge >= 0.3 is 0 Å². The third-order valence-corrected chi connectivity index (χ3v) is 3.77. The van der Waals surface area contributed by atoms with Crippen LogP contribution in [0.4, 0.5) is 5.69 Å². The zero-order valence-corrected chi connectivity index (χ0v) is 12.9. The van der Waals surface area contributed by atoms with Crippen LogP contribution in [-0.4, -0.2) is 11.5 Å². The molecule has 0 aliphatic rings. The third kappa shape index (κ3) is 3.96. The summed E-state index contributed by atoms with van der Waals surface area (Å²) in [6, 6.07) is 10.4. The molecule has 0 atom stereocenters. The lowest BCUT2D eigenvalue weighted by molar-refractivity contribution is 1.01. The van der Waals surface area contributed by atoms with E-state index >= 15 is 0 Å². The predicted molar refractivity (Wildman–Crippen MR) is 83.3 cm³/mol. The fraction of sp³-hybridized carbons (Fsp3) is 0.154. The zero-order chi connectivity index (χ0) is 12.1. The average Bonchev–Trinajstić information content (AvgIpc) is 2.35. The minimum Gasteiger partial charge on any atom is -0.384 e. The number of halogens is 2. The van der Waals surface area contributed by atoms with Gasteiger partial charge < -0.3 is 5.32 Å². The van der Waals surface area contributed by atoms with E-state index in [0.29, 0.717) is 0 Å². The maximum absolute atomic E-state index is 4.01. The minimum atomic E-state index is 0.919. The number of benzene rings is 1. The van der Waals surface area contributed by atoms with Crippen molar-refractivity contribution in [2.45, 2.75) is 6.42 Å². The second-order valence-corrected chi connectivity index (χ2v) is 5.76. The smallest absolute Gasteiger partial charge is 0.0495 e. The van der Waals surface area contributed by atoms with E-state index in [1.54, 1.807) is 0 Å². The van der Waals surface area contributed by atoms with Gasteiger partial charge in [-0.15, -0.1) is 0 Å². The molecule has 2 nitrogen and oxygen atoms in total. The van der Waals surface area contributed by atoms with E-state index < -0.39 is 0 Å². The second-order valence-electron chi connectivity index (χ2n) is 3.66. The van der Waals surface area contributed by atoms with Gasteiger partial charge in [0.1, 0.15) is 0 Å². The predicted octanol–water partition coefficient (Wildman–Crippen LogP) is 4.10. The number of nitrogens with zero attached hydrogens (tertiary/aromatic N) is 1. The molecule has 2 rings (SSSR count). The van der Waals surface area contributed by atoms with Gasteiger partial charge in [-0.25, -0.2) is 0 Å².